The normalized spacial score (nSPS) is 11.2. The quantitative estimate of drug-likeness (QED) is 0.801. The molecule has 3 aromatic rings. The second kappa shape index (κ2) is 4.92. The molecule has 0 amide bonds. The molecule has 0 saturated carbocycles. The van der Waals surface area contributed by atoms with Crippen molar-refractivity contribution in [3.05, 3.63) is 54.4 Å². The lowest BCUT2D eigenvalue weighted by molar-refractivity contribution is 0.600. The first-order valence-electron chi connectivity index (χ1n) is 5.95. The molecule has 0 bridgehead atoms. The zero-order chi connectivity index (χ0) is 14.9. The van der Waals surface area contributed by atoms with Crippen LogP contribution in [-0.4, -0.2) is 13.4 Å². The summed E-state index contributed by atoms with van der Waals surface area (Å²) in [5.74, 6) is 0. The van der Waals surface area contributed by atoms with Gasteiger partial charge in [-0.2, -0.15) is 5.26 Å². The van der Waals surface area contributed by atoms with E-state index >= 15 is 0 Å². The summed E-state index contributed by atoms with van der Waals surface area (Å²) in [6, 6.07) is 12.6. The van der Waals surface area contributed by atoms with Gasteiger partial charge in [0, 0.05) is 0 Å². The number of rotatable bonds is 3. The summed E-state index contributed by atoms with van der Waals surface area (Å²) in [6.45, 7) is 0. The lowest BCUT2D eigenvalue weighted by Crippen LogP contribution is -2.14. The first-order chi connectivity index (χ1) is 10.1. The van der Waals surface area contributed by atoms with Crippen LogP contribution in [0.1, 0.15) is 5.56 Å². The predicted octanol–water partition coefficient (Wildman–Crippen LogP) is 2.50. The Morgan fingerprint density at radius 2 is 2.00 bits per heavy atom. The van der Waals surface area contributed by atoms with E-state index in [0.29, 0.717) is 16.8 Å². The fourth-order valence-corrected chi connectivity index (χ4v) is 3.13. The van der Waals surface area contributed by atoms with E-state index in [1.165, 1.54) is 18.5 Å². The number of oxazole rings is 1. The molecule has 1 N–H and O–H groups in total. The molecule has 21 heavy (non-hydrogen) atoms. The van der Waals surface area contributed by atoms with Crippen LogP contribution < -0.4 is 4.72 Å². The predicted molar refractivity (Wildman–Crippen MR) is 76.0 cm³/mol. The van der Waals surface area contributed by atoms with Gasteiger partial charge in [-0.3, -0.25) is 4.72 Å². The lowest BCUT2D eigenvalue weighted by atomic mass is 10.2. The van der Waals surface area contributed by atoms with E-state index in [1.807, 2.05) is 6.07 Å². The zero-order valence-electron chi connectivity index (χ0n) is 10.6. The van der Waals surface area contributed by atoms with Gasteiger partial charge in [-0.1, -0.05) is 12.1 Å². The number of nitrogens with one attached hydrogen (secondary N) is 1. The molecular formula is C14H9N3O3S. The minimum absolute atomic E-state index is 0.0623. The number of hydrogen-bond acceptors (Lipinski definition) is 5. The Labute approximate surface area is 120 Å². The highest BCUT2D eigenvalue weighted by molar-refractivity contribution is 7.92. The van der Waals surface area contributed by atoms with Crippen molar-refractivity contribution in [2.45, 2.75) is 4.90 Å². The van der Waals surface area contributed by atoms with Crippen LogP contribution in [0.25, 0.3) is 11.1 Å². The summed E-state index contributed by atoms with van der Waals surface area (Å²) in [5.41, 5.74) is 1.55. The Morgan fingerprint density at radius 3 is 2.81 bits per heavy atom. The number of aromatic nitrogens is 1. The van der Waals surface area contributed by atoms with E-state index in [1.54, 1.807) is 30.3 Å². The van der Waals surface area contributed by atoms with Gasteiger partial charge in [-0.15, -0.1) is 0 Å². The van der Waals surface area contributed by atoms with Crippen molar-refractivity contribution in [1.29, 1.82) is 5.26 Å². The largest absolute Gasteiger partial charge is 0.443 e. The van der Waals surface area contributed by atoms with Gasteiger partial charge >= 0.3 is 0 Å². The highest BCUT2D eigenvalue weighted by Crippen LogP contribution is 2.22. The lowest BCUT2D eigenvalue weighted by Gasteiger charge is -2.09. The van der Waals surface area contributed by atoms with Crippen LogP contribution >= 0.6 is 0 Å². The van der Waals surface area contributed by atoms with E-state index in [0.717, 1.165) is 0 Å². The third-order valence-corrected chi connectivity index (χ3v) is 4.32. The fraction of sp³-hybridized carbons (Fsp3) is 0. The SMILES string of the molecule is N#Cc1ccccc1S(=O)(=O)Nc1ccc2ocnc2c1. The molecular weight excluding hydrogens is 290 g/mol. The fourth-order valence-electron chi connectivity index (χ4n) is 1.92. The Kier molecular flexibility index (Phi) is 3.08. The first kappa shape index (κ1) is 13.1. The third-order valence-electron chi connectivity index (χ3n) is 2.88. The molecule has 1 aromatic heterocycles. The molecule has 0 unspecified atom stereocenters. The maximum atomic E-state index is 12.3. The molecule has 0 radical (unpaired) electrons. The summed E-state index contributed by atoms with van der Waals surface area (Å²) in [5, 5.41) is 9.00. The van der Waals surface area contributed by atoms with Gasteiger partial charge in [0.05, 0.1) is 11.3 Å². The van der Waals surface area contributed by atoms with Crippen LogP contribution in [0.4, 0.5) is 5.69 Å². The molecule has 0 spiro atoms. The molecule has 0 fully saturated rings. The van der Waals surface area contributed by atoms with Gasteiger partial charge < -0.3 is 4.42 Å². The zero-order valence-corrected chi connectivity index (χ0v) is 11.5. The van der Waals surface area contributed by atoms with E-state index < -0.39 is 10.0 Å². The van der Waals surface area contributed by atoms with E-state index in [9.17, 15) is 8.42 Å². The summed E-state index contributed by atoms with van der Waals surface area (Å²) >= 11 is 0. The molecule has 0 aliphatic rings. The maximum absolute atomic E-state index is 12.3. The Balaban J connectivity index is 2.01. The third kappa shape index (κ3) is 2.44. The second-order valence-corrected chi connectivity index (χ2v) is 5.90. The number of anilines is 1. The van der Waals surface area contributed by atoms with Gasteiger partial charge in [0.2, 0.25) is 0 Å². The van der Waals surface area contributed by atoms with Gasteiger partial charge in [-0.25, -0.2) is 13.4 Å². The monoisotopic (exact) mass is 299 g/mol. The van der Waals surface area contributed by atoms with Crippen molar-refractivity contribution in [3.8, 4) is 6.07 Å². The number of nitriles is 1. The van der Waals surface area contributed by atoms with Crippen molar-refractivity contribution in [1.82, 2.24) is 4.98 Å². The van der Waals surface area contributed by atoms with Gasteiger partial charge in [0.15, 0.2) is 12.0 Å². The molecule has 0 aliphatic heterocycles. The number of nitrogens with zero attached hydrogens (tertiary/aromatic N) is 2. The molecule has 0 atom stereocenters. The van der Waals surface area contributed by atoms with Crippen LogP contribution in [0.3, 0.4) is 0 Å². The number of benzene rings is 2. The van der Waals surface area contributed by atoms with Crippen LogP contribution in [0.2, 0.25) is 0 Å². The maximum Gasteiger partial charge on any atom is 0.263 e. The molecule has 1 heterocycles. The topological polar surface area (TPSA) is 96.0 Å². The van der Waals surface area contributed by atoms with Gasteiger partial charge in [0.1, 0.15) is 16.5 Å². The molecule has 2 aromatic carbocycles. The van der Waals surface area contributed by atoms with E-state index in [4.69, 9.17) is 9.68 Å². The highest BCUT2D eigenvalue weighted by atomic mass is 32.2. The Morgan fingerprint density at radius 1 is 1.19 bits per heavy atom. The molecule has 0 aliphatic carbocycles. The Hall–Kier alpha value is -2.85. The average Bonchev–Trinajstić information content (AvgIpc) is 2.94. The Bertz CT molecular complexity index is 955. The number of sulfonamides is 1. The van der Waals surface area contributed by atoms with E-state index in [-0.39, 0.29) is 10.5 Å². The first-order valence-corrected chi connectivity index (χ1v) is 7.44. The minimum atomic E-state index is -3.84. The molecule has 3 rings (SSSR count). The van der Waals surface area contributed by atoms with Crippen molar-refractivity contribution in [2.75, 3.05) is 4.72 Å². The smallest absolute Gasteiger partial charge is 0.263 e. The van der Waals surface area contributed by atoms with E-state index in [2.05, 4.69) is 9.71 Å². The highest BCUT2D eigenvalue weighted by Gasteiger charge is 2.18. The van der Waals surface area contributed by atoms with Crippen molar-refractivity contribution < 1.29 is 12.8 Å². The summed E-state index contributed by atoms with van der Waals surface area (Å²) < 4.78 is 32.2. The van der Waals surface area contributed by atoms with Gasteiger partial charge in [-0.05, 0) is 30.3 Å². The van der Waals surface area contributed by atoms with Gasteiger partial charge in [0.25, 0.3) is 10.0 Å². The van der Waals surface area contributed by atoms with Crippen LogP contribution in [0, 0.1) is 11.3 Å². The molecule has 7 heteroatoms. The van der Waals surface area contributed by atoms with Crippen LogP contribution in [0.15, 0.2) is 58.2 Å². The molecule has 6 nitrogen and oxygen atoms in total. The van der Waals surface area contributed by atoms with Crippen LogP contribution in [-0.2, 0) is 10.0 Å². The summed E-state index contributed by atoms with van der Waals surface area (Å²) in [6.07, 6.45) is 1.29. The second-order valence-electron chi connectivity index (χ2n) is 4.25. The number of fused-ring (bicyclic) bond motifs is 1. The minimum Gasteiger partial charge on any atom is -0.443 e. The van der Waals surface area contributed by atoms with Crippen LogP contribution in [0.5, 0.6) is 0 Å². The van der Waals surface area contributed by atoms with Crippen molar-refractivity contribution in [2.24, 2.45) is 0 Å². The standard InChI is InChI=1S/C14H9N3O3S/c15-8-10-3-1-2-4-14(10)21(18,19)17-11-5-6-13-12(7-11)16-9-20-13/h1-7,9,17H. The molecule has 104 valence electrons. The summed E-state index contributed by atoms with van der Waals surface area (Å²) in [4.78, 5) is 3.90. The molecule has 0 saturated heterocycles. The average molecular weight is 299 g/mol. The summed E-state index contributed by atoms with van der Waals surface area (Å²) in [7, 11) is -3.84. The number of hydrogen-bond donors (Lipinski definition) is 1. The van der Waals surface area contributed by atoms with Crippen molar-refractivity contribution in [3.63, 3.8) is 0 Å². The van der Waals surface area contributed by atoms with Crippen molar-refractivity contribution >= 4 is 26.8 Å².